The molecule has 0 saturated carbocycles. The first-order valence-electron chi connectivity index (χ1n) is 10.4. The maximum absolute atomic E-state index is 13.1. The van der Waals surface area contributed by atoms with E-state index in [9.17, 15) is 9.59 Å². The molecule has 2 atom stereocenters. The average Bonchev–Trinajstić information content (AvgIpc) is 3.25. The highest BCUT2D eigenvalue weighted by Crippen LogP contribution is 2.18. The monoisotopic (exact) mass is 407 g/mol. The van der Waals surface area contributed by atoms with E-state index in [2.05, 4.69) is 17.3 Å². The van der Waals surface area contributed by atoms with Gasteiger partial charge in [0.25, 0.3) is 11.5 Å². The van der Waals surface area contributed by atoms with E-state index < -0.39 is 0 Å². The number of hydrogen-bond donors (Lipinski definition) is 2. The third-order valence-corrected chi connectivity index (χ3v) is 5.91. The van der Waals surface area contributed by atoms with Gasteiger partial charge >= 0.3 is 0 Å². The SMILES string of the molecule is CC[NH+]1CCCC1CNC(=O)c1nn(-c2cccc(OC)c2)c(=O)c2ccccc12. The van der Waals surface area contributed by atoms with Crippen molar-refractivity contribution in [3.63, 3.8) is 0 Å². The molecule has 2 N–H and O–H groups in total. The van der Waals surface area contributed by atoms with Gasteiger partial charge in [-0.1, -0.05) is 24.3 Å². The number of rotatable bonds is 6. The number of methoxy groups -OCH3 is 1. The van der Waals surface area contributed by atoms with Crippen LogP contribution >= 0.6 is 0 Å². The van der Waals surface area contributed by atoms with Gasteiger partial charge in [-0.3, -0.25) is 9.59 Å². The Labute approximate surface area is 175 Å². The topological polar surface area (TPSA) is 77.7 Å². The Bertz CT molecular complexity index is 1120. The van der Waals surface area contributed by atoms with Crippen molar-refractivity contribution in [2.24, 2.45) is 0 Å². The molecule has 3 aromatic rings. The van der Waals surface area contributed by atoms with Crippen molar-refractivity contribution >= 4 is 16.7 Å². The van der Waals surface area contributed by atoms with E-state index in [4.69, 9.17) is 4.74 Å². The predicted octanol–water partition coefficient (Wildman–Crippen LogP) is 1.19. The van der Waals surface area contributed by atoms with Crippen LogP contribution in [0.4, 0.5) is 0 Å². The quantitative estimate of drug-likeness (QED) is 0.644. The van der Waals surface area contributed by atoms with Crippen LogP contribution in [0, 0.1) is 0 Å². The number of ether oxygens (including phenoxy) is 1. The van der Waals surface area contributed by atoms with Crippen LogP contribution in [0.3, 0.4) is 0 Å². The molecule has 1 fully saturated rings. The van der Waals surface area contributed by atoms with Crippen LogP contribution in [0.2, 0.25) is 0 Å². The Hall–Kier alpha value is -3.19. The van der Waals surface area contributed by atoms with Gasteiger partial charge in [0.1, 0.15) is 11.8 Å². The molecule has 1 aromatic heterocycles. The van der Waals surface area contributed by atoms with Crippen LogP contribution in [-0.4, -0.2) is 48.5 Å². The zero-order chi connectivity index (χ0) is 21.1. The molecule has 0 spiro atoms. The third-order valence-electron chi connectivity index (χ3n) is 5.91. The lowest BCUT2D eigenvalue weighted by atomic mass is 10.1. The van der Waals surface area contributed by atoms with Gasteiger partial charge in [-0.25, -0.2) is 0 Å². The zero-order valence-electron chi connectivity index (χ0n) is 17.4. The van der Waals surface area contributed by atoms with Crippen LogP contribution in [0.15, 0.2) is 53.3 Å². The molecule has 1 aliphatic rings. The summed E-state index contributed by atoms with van der Waals surface area (Å²) in [6, 6.07) is 14.6. The van der Waals surface area contributed by atoms with Gasteiger partial charge in [0.15, 0.2) is 5.69 Å². The van der Waals surface area contributed by atoms with Crippen LogP contribution < -0.4 is 20.5 Å². The minimum absolute atomic E-state index is 0.254. The van der Waals surface area contributed by atoms with E-state index in [0.29, 0.717) is 34.8 Å². The number of likely N-dealkylation sites (N-methyl/N-ethyl adjacent to an activating group) is 1. The largest absolute Gasteiger partial charge is 0.497 e. The van der Waals surface area contributed by atoms with Gasteiger partial charge in [-0.15, -0.1) is 0 Å². The second-order valence-electron chi connectivity index (χ2n) is 7.62. The summed E-state index contributed by atoms with van der Waals surface area (Å²) in [5, 5.41) is 8.54. The number of fused-ring (bicyclic) bond motifs is 1. The van der Waals surface area contributed by atoms with Crippen LogP contribution in [0.25, 0.3) is 16.5 Å². The Kier molecular flexibility index (Phi) is 5.81. The molecule has 156 valence electrons. The molecule has 1 amide bonds. The Morgan fingerprint density at radius 2 is 2.03 bits per heavy atom. The van der Waals surface area contributed by atoms with Gasteiger partial charge in [-0.05, 0) is 25.1 Å². The number of carbonyl (C=O) groups is 1. The minimum atomic E-state index is -0.271. The smallest absolute Gasteiger partial charge is 0.279 e. The molecule has 30 heavy (non-hydrogen) atoms. The fourth-order valence-corrected chi connectivity index (χ4v) is 4.27. The molecular weight excluding hydrogens is 380 g/mol. The van der Waals surface area contributed by atoms with Crippen molar-refractivity contribution in [1.82, 2.24) is 15.1 Å². The molecular formula is C23H27N4O3+. The van der Waals surface area contributed by atoms with Crippen molar-refractivity contribution < 1.29 is 14.4 Å². The summed E-state index contributed by atoms with van der Waals surface area (Å²) >= 11 is 0. The molecule has 1 saturated heterocycles. The number of carbonyl (C=O) groups excluding carboxylic acids is 1. The van der Waals surface area contributed by atoms with E-state index in [0.717, 1.165) is 19.5 Å². The van der Waals surface area contributed by atoms with Crippen LogP contribution in [-0.2, 0) is 0 Å². The first kappa shape index (κ1) is 20.1. The summed E-state index contributed by atoms with van der Waals surface area (Å²) in [5.74, 6) is 0.356. The van der Waals surface area contributed by atoms with E-state index in [1.165, 1.54) is 16.0 Å². The summed E-state index contributed by atoms with van der Waals surface area (Å²) in [5.41, 5.74) is 0.536. The number of hydrogen-bond acceptors (Lipinski definition) is 4. The lowest BCUT2D eigenvalue weighted by molar-refractivity contribution is -0.909. The third kappa shape index (κ3) is 3.80. The Morgan fingerprint density at radius 1 is 1.23 bits per heavy atom. The van der Waals surface area contributed by atoms with E-state index in [1.807, 2.05) is 6.07 Å². The molecule has 0 radical (unpaired) electrons. The summed E-state index contributed by atoms with van der Waals surface area (Å²) < 4.78 is 6.55. The lowest BCUT2D eigenvalue weighted by Crippen LogP contribution is -3.14. The maximum atomic E-state index is 13.1. The van der Waals surface area contributed by atoms with Crippen molar-refractivity contribution in [3.05, 3.63) is 64.6 Å². The summed E-state index contributed by atoms with van der Waals surface area (Å²) in [7, 11) is 1.57. The number of nitrogens with zero attached hydrogens (tertiary/aromatic N) is 2. The Morgan fingerprint density at radius 3 is 2.80 bits per heavy atom. The summed E-state index contributed by atoms with van der Waals surface area (Å²) in [4.78, 5) is 27.7. The number of aromatic nitrogens is 2. The molecule has 1 aliphatic heterocycles. The lowest BCUT2D eigenvalue weighted by Gasteiger charge is -2.20. The number of amides is 1. The van der Waals surface area contributed by atoms with Crippen molar-refractivity contribution in [2.75, 3.05) is 26.7 Å². The van der Waals surface area contributed by atoms with Gasteiger partial charge in [0, 0.05) is 24.3 Å². The van der Waals surface area contributed by atoms with Crippen LogP contribution in [0.5, 0.6) is 5.75 Å². The fourth-order valence-electron chi connectivity index (χ4n) is 4.27. The highest BCUT2D eigenvalue weighted by molar-refractivity contribution is 6.04. The zero-order valence-corrected chi connectivity index (χ0v) is 17.4. The first-order valence-corrected chi connectivity index (χ1v) is 10.4. The normalized spacial score (nSPS) is 18.5. The predicted molar refractivity (Wildman–Crippen MR) is 116 cm³/mol. The first-order chi connectivity index (χ1) is 14.6. The summed E-state index contributed by atoms with van der Waals surface area (Å²) in [6.07, 6.45) is 2.30. The molecule has 7 nitrogen and oxygen atoms in total. The highest BCUT2D eigenvalue weighted by Gasteiger charge is 2.28. The van der Waals surface area contributed by atoms with Gasteiger partial charge in [-0.2, -0.15) is 9.78 Å². The van der Waals surface area contributed by atoms with Crippen molar-refractivity contribution in [3.8, 4) is 11.4 Å². The average molecular weight is 407 g/mol. The molecule has 2 heterocycles. The van der Waals surface area contributed by atoms with E-state index in [1.54, 1.807) is 49.6 Å². The molecule has 0 aliphatic carbocycles. The van der Waals surface area contributed by atoms with E-state index >= 15 is 0 Å². The molecule has 0 bridgehead atoms. The number of nitrogens with one attached hydrogen (secondary N) is 2. The number of quaternary nitrogens is 1. The number of benzene rings is 2. The van der Waals surface area contributed by atoms with E-state index in [-0.39, 0.29) is 17.2 Å². The molecule has 2 unspecified atom stereocenters. The van der Waals surface area contributed by atoms with Crippen molar-refractivity contribution in [2.45, 2.75) is 25.8 Å². The van der Waals surface area contributed by atoms with Crippen molar-refractivity contribution in [1.29, 1.82) is 0 Å². The second-order valence-corrected chi connectivity index (χ2v) is 7.62. The second kappa shape index (κ2) is 8.67. The molecule has 7 heteroatoms. The maximum Gasteiger partial charge on any atom is 0.279 e. The fraction of sp³-hybridized carbons (Fsp3) is 0.348. The van der Waals surface area contributed by atoms with Gasteiger partial charge < -0.3 is 15.0 Å². The van der Waals surface area contributed by atoms with Gasteiger partial charge in [0.05, 0.1) is 37.8 Å². The number of likely N-dealkylation sites (tertiary alicyclic amines) is 1. The van der Waals surface area contributed by atoms with Gasteiger partial charge in [0.2, 0.25) is 0 Å². The summed E-state index contributed by atoms with van der Waals surface area (Å²) in [6.45, 7) is 4.99. The standard InChI is InChI=1S/C23H26N4O3/c1-3-26-13-7-9-17(26)15-24-22(28)21-19-11-4-5-12-20(19)23(29)27(25-21)16-8-6-10-18(14-16)30-2/h4-6,8,10-12,14,17H,3,7,9,13,15H2,1-2H3,(H,24,28)/p+1. The molecule has 2 aromatic carbocycles. The molecule has 4 rings (SSSR count). The highest BCUT2D eigenvalue weighted by atomic mass is 16.5. The van der Waals surface area contributed by atoms with Crippen LogP contribution in [0.1, 0.15) is 30.3 Å². The minimum Gasteiger partial charge on any atom is -0.497 e. The Balaban J connectivity index is 1.72.